The largest absolute Gasteiger partial charge is 0.459 e. The summed E-state index contributed by atoms with van der Waals surface area (Å²) in [6, 6.07) is 3.49. The first kappa shape index (κ1) is 12.7. The number of ether oxygens (including phenoxy) is 1. The van der Waals surface area contributed by atoms with Gasteiger partial charge in [0, 0.05) is 0 Å². The van der Waals surface area contributed by atoms with Gasteiger partial charge in [-0.1, -0.05) is 6.42 Å². The minimum absolute atomic E-state index is 0.0346. The molecule has 2 rings (SSSR count). The van der Waals surface area contributed by atoms with E-state index in [-0.39, 0.29) is 12.1 Å². The molecule has 0 aliphatic heterocycles. The van der Waals surface area contributed by atoms with Crippen LogP contribution in [-0.2, 0) is 4.74 Å². The molecule has 1 aromatic rings. The number of carbonyl (C=O) groups excluding carboxylic acids is 1. The highest BCUT2D eigenvalue weighted by atomic mass is 16.5. The lowest BCUT2D eigenvalue weighted by Gasteiger charge is -2.22. The summed E-state index contributed by atoms with van der Waals surface area (Å²) in [5, 5.41) is 0. The van der Waals surface area contributed by atoms with Crippen molar-refractivity contribution < 1.29 is 9.53 Å². The minimum Gasteiger partial charge on any atom is -0.459 e. The van der Waals surface area contributed by atoms with Crippen LogP contribution in [0.15, 0.2) is 12.1 Å². The van der Waals surface area contributed by atoms with Gasteiger partial charge in [-0.25, -0.2) is 4.79 Å². The van der Waals surface area contributed by atoms with E-state index in [4.69, 9.17) is 16.2 Å². The zero-order valence-corrected chi connectivity index (χ0v) is 10.7. The number of benzene rings is 1. The molecule has 0 bridgehead atoms. The van der Waals surface area contributed by atoms with Crippen LogP contribution in [0.5, 0.6) is 0 Å². The fourth-order valence-electron chi connectivity index (χ4n) is 2.39. The van der Waals surface area contributed by atoms with E-state index in [0.717, 1.165) is 31.2 Å². The number of hydrogen-bond acceptors (Lipinski definition) is 4. The molecule has 0 aromatic heterocycles. The van der Waals surface area contributed by atoms with E-state index in [0.29, 0.717) is 16.9 Å². The molecule has 98 valence electrons. The van der Waals surface area contributed by atoms with Gasteiger partial charge >= 0.3 is 5.97 Å². The summed E-state index contributed by atoms with van der Waals surface area (Å²) in [4.78, 5) is 12.1. The summed E-state index contributed by atoms with van der Waals surface area (Å²) in [6.07, 6.45) is 5.42. The van der Waals surface area contributed by atoms with E-state index in [1.165, 1.54) is 6.42 Å². The first-order valence-corrected chi connectivity index (χ1v) is 6.44. The third-order valence-electron chi connectivity index (χ3n) is 3.40. The highest BCUT2D eigenvalue weighted by molar-refractivity contribution is 5.98. The summed E-state index contributed by atoms with van der Waals surface area (Å²) in [5.74, 6) is -0.352. The molecular formula is C14H20N2O2. The van der Waals surface area contributed by atoms with Gasteiger partial charge in [0.1, 0.15) is 6.10 Å². The third kappa shape index (κ3) is 2.75. The Balaban J connectivity index is 2.13. The predicted molar refractivity (Wildman–Crippen MR) is 72.3 cm³/mol. The van der Waals surface area contributed by atoms with E-state index in [9.17, 15) is 4.79 Å². The molecule has 1 aliphatic rings. The van der Waals surface area contributed by atoms with Crippen LogP contribution >= 0.6 is 0 Å². The monoisotopic (exact) mass is 248 g/mol. The van der Waals surface area contributed by atoms with E-state index in [1.807, 2.05) is 6.92 Å². The second-order valence-electron chi connectivity index (χ2n) is 4.98. The van der Waals surface area contributed by atoms with E-state index in [1.54, 1.807) is 12.1 Å². The van der Waals surface area contributed by atoms with Crippen molar-refractivity contribution in [2.45, 2.75) is 45.1 Å². The third-order valence-corrected chi connectivity index (χ3v) is 3.40. The number of carbonyl (C=O) groups is 1. The van der Waals surface area contributed by atoms with Crippen molar-refractivity contribution in [3.8, 4) is 0 Å². The van der Waals surface area contributed by atoms with Crippen molar-refractivity contribution in [1.82, 2.24) is 0 Å². The normalized spacial score (nSPS) is 16.5. The molecule has 18 heavy (non-hydrogen) atoms. The van der Waals surface area contributed by atoms with Crippen molar-refractivity contribution in [3.05, 3.63) is 23.3 Å². The van der Waals surface area contributed by atoms with E-state index < -0.39 is 0 Å². The summed E-state index contributed by atoms with van der Waals surface area (Å²) in [7, 11) is 0. The molecule has 0 heterocycles. The molecule has 4 nitrogen and oxygen atoms in total. The lowest BCUT2D eigenvalue weighted by molar-refractivity contribution is 0.0212. The van der Waals surface area contributed by atoms with Crippen LogP contribution in [0.1, 0.15) is 48.0 Å². The van der Waals surface area contributed by atoms with Crippen LogP contribution in [0.25, 0.3) is 0 Å². The molecule has 0 atom stereocenters. The highest BCUT2D eigenvalue weighted by Gasteiger charge is 2.21. The molecule has 0 amide bonds. The summed E-state index contributed by atoms with van der Waals surface area (Å²) < 4.78 is 5.49. The standard InChI is InChI=1S/C14H20N2O2/c1-9-7-11(13(16)12(15)8-9)14(17)18-10-5-3-2-4-6-10/h7-8,10H,2-6,15-16H2,1H3. The average Bonchev–Trinajstić information content (AvgIpc) is 2.35. The highest BCUT2D eigenvalue weighted by Crippen LogP contribution is 2.26. The smallest absolute Gasteiger partial charge is 0.340 e. The van der Waals surface area contributed by atoms with Crippen molar-refractivity contribution in [2.75, 3.05) is 11.5 Å². The molecule has 0 spiro atoms. The van der Waals surface area contributed by atoms with Gasteiger partial charge in [-0.15, -0.1) is 0 Å². The molecule has 4 N–H and O–H groups in total. The summed E-state index contributed by atoms with van der Waals surface area (Å²) in [6.45, 7) is 1.88. The van der Waals surface area contributed by atoms with Gasteiger partial charge in [-0.3, -0.25) is 0 Å². The number of nitrogen functional groups attached to an aromatic ring is 2. The first-order chi connectivity index (χ1) is 8.58. The molecule has 0 unspecified atom stereocenters. The van der Waals surface area contributed by atoms with Crippen molar-refractivity contribution in [2.24, 2.45) is 0 Å². The molecule has 0 radical (unpaired) electrons. The topological polar surface area (TPSA) is 78.3 Å². The van der Waals surface area contributed by atoms with Crippen LogP contribution in [0.3, 0.4) is 0 Å². The van der Waals surface area contributed by atoms with Gasteiger partial charge in [-0.05, 0) is 50.3 Å². The molecule has 1 saturated carbocycles. The quantitative estimate of drug-likeness (QED) is 0.623. The Hall–Kier alpha value is -1.71. The van der Waals surface area contributed by atoms with Gasteiger partial charge in [0.2, 0.25) is 0 Å². The molecule has 1 fully saturated rings. The Bertz CT molecular complexity index is 451. The maximum Gasteiger partial charge on any atom is 0.340 e. The van der Waals surface area contributed by atoms with Crippen LogP contribution in [0.2, 0.25) is 0 Å². The molecule has 1 aliphatic carbocycles. The Morgan fingerprint density at radius 3 is 2.56 bits per heavy atom. The first-order valence-electron chi connectivity index (χ1n) is 6.44. The summed E-state index contributed by atoms with van der Waals surface area (Å²) >= 11 is 0. The Morgan fingerprint density at radius 1 is 1.22 bits per heavy atom. The van der Waals surface area contributed by atoms with Crippen molar-refractivity contribution >= 4 is 17.3 Å². The second-order valence-corrected chi connectivity index (χ2v) is 4.98. The van der Waals surface area contributed by atoms with E-state index in [2.05, 4.69) is 0 Å². The number of esters is 1. The molecule has 0 saturated heterocycles. The van der Waals surface area contributed by atoms with Crippen molar-refractivity contribution in [3.63, 3.8) is 0 Å². The second kappa shape index (κ2) is 5.29. The molecular weight excluding hydrogens is 228 g/mol. The maximum atomic E-state index is 12.1. The van der Waals surface area contributed by atoms with Crippen LogP contribution in [0.4, 0.5) is 11.4 Å². The van der Waals surface area contributed by atoms with Crippen molar-refractivity contribution in [1.29, 1.82) is 0 Å². The van der Waals surface area contributed by atoms with Gasteiger partial charge in [0.15, 0.2) is 0 Å². The Labute approximate surface area is 107 Å². The average molecular weight is 248 g/mol. The number of aryl methyl sites for hydroxylation is 1. The SMILES string of the molecule is Cc1cc(N)c(N)c(C(=O)OC2CCCCC2)c1. The maximum absolute atomic E-state index is 12.1. The Morgan fingerprint density at radius 2 is 1.89 bits per heavy atom. The summed E-state index contributed by atoms with van der Waals surface area (Å²) in [5.41, 5.74) is 13.6. The fraction of sp³-hybridized carbons (Fsp3) is 0.500. The zero-order chi connectivity index (χ0) is 13.1. The van der Waals surface area contributed by atoms with Crippen LogP contribution < -0.4 is 11.5 Å². The van der Waals surface area contributed by atoms with Gasteiger partial charge in [0.25, 0.3) is 0 Å². The Kier molecular flexibility index (Phi) is 3.75. The van der Waals surface area contributed by atoms with Gasteiger partial charge in [-0.2, -0.15) is 0 Å². The number of nitrogens with two attached hydrogens (primary N) is 2. The fourth-order valence-corrected chi connectivity index (χ4v) is 2.39. The van der Waals surface area contributed by atoms with Gasteiger partial charge in [0.05, 0.1) is 16.9 Å². The van der Waals surface area contributed by atoms with Gasteiger partial charge < -0.3 is 16.2 Å². The lowest BCUT2D eigenvalue weighted by atomic mass is 9.97. The number of anilines is 2. The lowest BCUT2D eigenvalue weighted by Crippen LogP contribution is -2.21. The minimum atomic E-state index is -0.352. The van der Waals surface area contributed by atoms with Crippen LogP contribution in [0, 0.1) is 6.92 Å². The van der Waals surface area contributed by atoms with E-state index >= 15 is 0 Å². The predicted octanol–water partition coefficient (Wildman–Crippen LogP) is 2.65. The van der Waals surface area contributed by atoms with Crippen LogP contribution in [-0.4, -0.2) is 12.1 Å². The number of rotatable bonds is 2. The molecule has 1 aromatic carbocycles. The zero-order valence-electron chi connectivity index (χ0n) is 10.7. The number of hydrogen-bond donors (Lipinski definition) is 2. The molecule has 4 heteroatoms.